The number of nitrogens with zero attached hydrogens (tertiary/aromatic N) is 1. The summed E-state index contributed by atoms with van der Waals surface area (Å²) >= 11 is 1.57. The van der Waals surface area contributed by atoms with Gasteiger partial charge in [0.25, 0.3) is 0 Å². The van der Waals surface area contributed by atoms with Gasteiger partial charge in [0.15, 0.2) is 15.0 Å². The molecule has 0 radical (unpaired) electrons. The van der Waals surface area contributed by atoms with Gasteiger partial charge in [-0.25, -0.2) is 13.4 Å². The summed E-state index contributed by atoms with van der Waals surface area (Å²) < 4.78 is 23.8. The molecule has 0 aromatic carbocycles. The monoisotopic (exact) mass is 272 g/mol. The first-order valence-electron chi connectivity index (χ1n) is 6.00. The van der Waals surface area contributed by atoms with Crippen molar-refractivity contribution < 1.29 is 8.42 Å². The third-order valence-electron chi connectivity index (χ3n) is 4.04. The van der Waals surface area contributed by atoms with Crippen LogP contribution in [-0.4, -0.2) is 29.9 Å². The van der Waals surface area contributed by atoms with E-state index < -0.39 is 14.6 Å². The van der Waals surface area contributed by atoms with Gasteiger partial charge in [-0.1, -0.05) is 6.42 Å². The Labute approximate surface area is 105 Å². The molecule has 94 valence electrons. The van der Waals surface area contributed by atoms with Gasteiger partial charge in [-0.2, -0.15) is 0 Å². The SMILES string of the molecule is O=S1(=O)CCC(Nc2nccs2)CC12CCC2. The smallest absolute Gasteiger partial charge is 0.182 e. The van der Waals surface area contributed by atoms with E-state index in [2.05, 4.69) is 10.3 Å². The Bertz CT molecular complexity index is 492. The van der Waals surface area contributed by atoms with Crippen molar-refractivity contribution in [1.29, 1.82) is 0 Å². The summed E-state index contributed by atoms with van der Waals surface area (Å²) in [5, 5.41) is 6.20. The standard InChI is InChI=1S/C11H16N2O2S2/c14-17(15)7-2-9(8-11(17)3-1-4-11)13-10-12-5-6-16-10/h5-6,9H,1-4,7-8H2,(H,12,13). The van der Waals surface area contributed by atoms with Crippen LogP contribution in [0.4, 0.5) is 5.13 Å². The van der Waals surface area contributed by atoms with Gasteiger partial charge in [0.2, 0.25) is 0 Å². The Morgan fingerprint density at radius 3 is 2.88 bits per heavy atom. The summed E-state index contributed by atoms with van der Waals surface area (Å²) in [5.74, 6) is 0.329. The number of nitrogens with one attached hydrogen (secondary N) is 1. The number of hydrogen-bond acceptors (Lipinski definition) is 5. The maximum absolute atomic E-state index is 12.1. The molecular formula is C11H16N2O2S2. The van der Waals surface area contributed by atoms with Crippen LogP contribution in [0.1, 0.15) is 32.1 Å². The molecule has 17 heavy (non-hydrogen) atoms. The van der Waals surface area contributed by atoms with E-state index in [0.29, 0.717) is 12.2 Å². The summed E-state index contributed by atoms with van der Waals surface area (Å²) in [4.78, 5) is 4.20. The molecule has 1 aromatic heterocycles. The zero-order valence-electron chi connectivity index (χ0n) is 9.55. The highest BCUT2D eigenvalue weighted by Gasteiger charge is 2.52. The molecule has 1 saturated heterocycles. The third kappa shape index (κ3) is 1.87. The lowest BCUT2D eigenvalue weighted by molar-refractivity contribution is 0.289. The molecule has 0 amide bonds. The first kappa shape index (κ1) is 11.5. The number of rotatable bonds is 2. The first-order valence-corrected chi connectivity index (χ1v) is 8.53. The predicted octanol–water partition coefficient (Wildman–Crippen LogP) is 2.05. The van der Waals surface area contributed by atoms with E-state index in [0.717, 1.165) is 30.8 Å². The Hall–Kier alpha value is -0.620. The van der Waals surface area contributed by atoms with Crippen molar-refractivity contribution in [3.63, 3.8) is 0 Å². The lowest BCUT2D eigenvalue weighted by Gasteiger charge is -2.46. The van der Waals surface area contributed by atoms with Crippen molar-refractivity contribution in [3.05, 3.63) is 11.6 Å². The van der Waals surface area contributed by atoms with Crippen LogP contribution in [0.15, 0.2) is 11.6 Å². The molecule has 1 saturated carbocycles. The molecular weight excluding hydrogens is 256 g/mol. The van der Waals surface area contributed by atoms with Crippen molar-refractivity contribution in [1.82, 2.24) is 4.98 Å². The number of thiazole rings is 1. The Kier molecular flexibility index (Phi) is 2.66. The minimum absolute atomic E-state index is 0.268. The minimum atomic E-state index is -2.86. The predicted molar refractivity (Wildman–Crippen MR) is 69.1 cm³/mol. The number of aromatic nitrogens is 1. The van der Waals surface area contributed by atoms with Crippen LogP contribution >= 0.6 is 11.3 Å². The first-order chi connectivity index (χ1) is 8.11. The van der Waals surface area contributed by atoms with Gasteiger partial charge in [-0.05, 0) is 25.7 Å². The van der Waals surface area contributed by atoms with E-state index >= 15 is 0 Å². The van der Waals surface area contributed by atoms with Crippen LogP contribution in [0, 0.1) is 0 Å². The average Bonchev–Trinajstić information content (AvgIpc) is 2.71. The van der Waals surface area contributed by atoms with Crippen molar-refractivity contribution in [2.75, 3.05) is 11.1 Å². The third-order valence-corrected chi connectivity index (χ3v) is 7.41. The minimum Gasteiger partial charge on any atom is -0.359 e. The second-order valence-electron chi connectivity index (χ2n) is 5.03. The number of anilines is 1. The zero-order valence-corrected chi connectivity index (χ0v) is 11.2. The second kappa shape index (κ2) is 3.95. The molecule has 4 nitrogen and oxygen atoms in total. The van der Waals surface area contributed by atoms with Crippen LogP contribution in [-0.2, 0) is 9.84 Å². The molecule has 6 heteroatoms. The van der Waals surface area contributed by atoms with Crippen molar-refractivity contribution in [2.45, 2.75) is 42.9 Å². The lowest BCUT2D eigenvalue weighted by atomic mass is 9.79. The lowest BCUT2D eigenvalue weighted by Crippen LogP contribution is -2.53. The Morgan fingerprint density at radius 2 is 2.29 bits per heavy atom. The molecule has 1 N–H and O–H groups in total. The van der Waals surface area contributed by atoms with Gasteiger partial charge >= 0.3 is 0 Å². The van der Waals surface area contributed by atoms with Crippen LogP contribution in [0.5, 0.6) is 0 Å². The number of sulfone groups is 1. The quantitative estimate of drug-likeness (QED) is 0.895. The molecule has 0 bridgehead atoms. The van der Waals surface area contributed by atoms with E-state index in [1.54, 1.807) is 17.5 Å². The van der Waals surface area contributed by atoms with E-state index in [1.165, 1.54) is 0 Å². The molecule has 1 aliphatic heterocycles. The van der Waals surface area contributed by atoms with Gasteiger partial charge in [-0.15, -0.1) is 11.3 Å². The second-order valence-corrected chi connectivity index (χ2v) is 8.43. The highest BCUT2D eigenvalue weighted by molar-refractivity contribution is 7.92. The van der Waals surface area contributed by atoms with E-state index in [4.69, 9.17) is 0 Å². The van der Waals surface area contributed by atoms with Crippen molar-refractivity contribution in [2.24, 2.45) is 0 Å². The van der Waals surface area contributed by atoms with Crippen molar-refractivity contribution in [3.8, 4) is 0 Å². The summed E-state index contributed by atoms with van der Waals surface area (Å²) in [6, 6.07) is 0.268. The highest BCUT2D eigenvalue weighted by Crippen LogP contribution is 2.47. The largest absolute Gasteiger partial charge is 0.359 e. The topological polar surface area (TPSA) is 59.1 Å². The van der Waals surface area contributed by atoms with E-state index in [1.807, 2.05) is 5.38 Å². The maximum atomic E-state index is 12.1. The maximum Gasteiger partial charge on any atom is 0.182 e. The molecule has 1 unspecified atom stereocenters. The highest BCUT2D eigenvalue weighted by atomic mass is 32.2. The number of hydrogen-bond donors (Lipinski definition) is 1. The molecule has 2 aliphatic rings. The van der Waals surface area contributed by atoms with E-state index in [9.17, 15) is 8.42 Å². The molecule has 1 aliphatic carbocycles. The normalized spacial score (nSPS) is 29.8. The molecule has 1 spiro atoms. The molecule has 1 aromatic rings. The Balaban J connectivity index is 1.74. The van der Waals surface area contributed by atoms with Gasteiger partial charge in [0.05, 0.1) is 10.5 Å². The van der Waals surface area contributed by atoms with E-state index in [-0.39, 0.29) is 6.04 Å². The fourth-order valence-corrected chi connectivity index (χ4v) is 5.87. The van der Waals surface area contributed by atoms with Gasteiger partial charge < -0.3 is 5.32 Å². The molecule has 2 heterocycles. The molecule has 3 rings (SSSR count). The fourth-order valence-electron chi connectivity index (χ4n) is 2.87. The summed E-state index contributed by atoms with van der Waals surface area (Å²) in [5.41, 5.74) is 0. The fraction of sp³-hybridized carbons (Fsp3) is 0.727. The van der Waals surface area contributed by atoms with Crippen LogP contribution in [0.2, 0.25) is 0 Å². The average molecular weight is 272 g/mol. The van der Waals surface area contributed by atoms with Gasteiger partial charge in [0.1, 0.15) is 0 Å². The van der Waals surface area contributed by atoms with Crippen LogP contribution < -0.4 is 5.32 Å². The Morgan fingerprint density at radius 1 is 1.47 bits per heavy atom. The molecule has 2 fully saturated rings. The molecule has 1 atom stereocenters. The zero-order chi connectivity index (χ0) is 11.9. The van der Waals surface area contributed by atoms with Crippen molar-refractivity contribution >= 4 is 26.3 Å². The van der Waals surface area contributed by atoms with Gasteiger partial charge in [0, 0.05) is 17.6 Å². The van der Waals surface area contributed by atoms with Gasteiger partial charge in [-0.3, -0.25) is 0 Å². The summed E-state index contributed by atoms with van der Waals surface area (Å²) in [7, 11) is -2.86. The van der Waals surface area contributed by atoms with Crippen LogP contribution in [0.25, 0.3) is 0 Å². The van der Waals surface area contributed by atoms with Crippen LogP contribution in [0.3, 0.4) is 0 Å². The summed E-state index contributed by atoms with van der Waals surface area (Å²) in [6.45, 7) is 0. The summed E-state index contributed by atoms with van der Waals surface area (Å²) in [6.07, 6.45) is 6.00.